The van der Waals surface area contributed by atoms with Crippen molar-refractivity contribution < 1.29 is 19.4 Å². The molecular weight excluding hydrogens is 358 g/mol. The summed E-state index contributed by atoms with van der Waals surface area (Å²) in [6, 6.07) is 9.51. The molecule has 1 aromatic carbocycles. The number of ether oxygens (including phenoxy) is 1. The Morgan fingerprint density at radius 2 is 1.96 bits per heavy atom. The van der Waals surface area contributed by atoms with Gasteiger partial charge in [-0.3, -0.25) is 9.59 Å². The van der Waals surface area contributed by atoms with Crippen LogP contribution in [0.25, 0.3) is 5.69 Å². The van der Waals surface area contributed by atoms with Crippen molar-refractivity contribution in [2.45, 2.75) is 27.2 Å². The summed E-state index contributed by atoms with van der Waals surface area (Å²) in [7, 11) is 0. The second-order valence-electron chi connectivity index (χ2n) is 7.91. The maximum Gasteiger partial charge on any atom is 0.308 e. The summed E-state index contributed by atoms with van der Waals surface area (Å²) in [5.41, 5.74) is 1.05. The highest BCUT2D eigenvalue weighted by atomic mass is 16.5. The van der Waals surface area contributed by atoms with Gasteiger partial charge in [0.2, 0.25) is 0 Å². The Labute approximate surface area is 164 Å². The van der Waals surface area contributed by atoms with Crippen molar-refractivity contribution in [3.05, 3.63) is 42.2 Å². The van der Waals surface area contributed by atoms with Crippen LogP contribution in [0, 0.1) is 17.8 Å². The lowest BCUT2D eigenvalue weighted by Crippen LogP contribution is -2.45. The zero-order chi connectivity index (χ0) is 20.3. The number of hydrogen-bond acceptors (Lipinski definition) is 4. The van der Waals surface area contributed by atoms with Gasteiger partial charge in [-0.1, -0.05) is 39.0 Å². The third kappa shape index (κ3) is 4.52. The van der Waals surface area contributed by atoms with Crippen molar-refractivity contribution in [2.24, 2.45) is 17.8 Å². The minimum atomic E-state index is -0.865. The molecule has 0 radical (unpaired) electrons. The number of carboxylic acids is 1. The van der Waals surface area contributed by atoms with E-state index < -0.39 is 11.9 Å². The Kier molecular flexibility index (Phi) is 6.02. The van der Waals surface area contributed by atoms with Gasteiger partial charge in [-0.05, 0) is 30.4 Å². The number of piperidine rings is 1. The molecule has 7 heteroatoms. The lowest BCUT2D eigenvalue weighted by Gasteiger charge is -2.34. The summed E-state index contributed by atoms with van der Waals surface area (Å²) in [5, 5.41) is 13.9. The molecule has 1 aliphatic heterocycles. The molecular formula is C21H27N3O4. The van der Waals surface area contributed by atoms with Crippen molar-refractivity contribution in [3.8, 4) is 11.4 Å². The van der Waals surface area contributed by atoms with Crippen molar-refractivity contribution >= 4 is 11.9 Å². The number of rotatable bonds is 6. The van der Waals surface area contributed by atoms with Crippen LogP contribution < -0.4 is 4.74 Å². The zero-order valence-corrected chi connectivity index (χ0v) is 16.5. The topological polar surface area (TPSA) is 84.7 Å². The number of amides is 1. The van der Waals surface area contributed by atoms with Gasteiger partial charge in [0, 0.05) is 13.1 Å². The van der Waals surface area contributed by atoms with Gasteiger partial charge in [0.05, 0.1) is 24.4 Å². The highest BCUT2D eigenvalue weighted by Gasteiger charge is 2.34. The first-order valence-corrected chi connectivity index (χ1v) is 9.65. The largest absolute Gasteiger partial charge is 0.489 e. The molecule has 1 N–H and O–H groups in total. The normalized spacial score (nSPS) is 19.6. The van der Waals surface area contributed by atoms with Crippen molar-refractivity contribution in [2.75, 3.05) is 19.7 Å². The van der Waals surface area contributed by atoms with Crippen LogP contribution in [0.15, 0.2) is 36.5 Å². The Morgan fingerprint density at radius 1 is 1.25 bits per heavy atom. The number of nitrogens with zero attached hydrogens (tertiary/aromatic N) is 3. The second kappa shape index (κ2) is 8.46. The average molecular weight is 385 g/mol. The number of carbonyl (C=O) groups is 2. The lowest BCUT2D eigenvalue weighted by atomic mass is 9.90. The summed E-state index contributed by atoms with van der Waals surface area (Å²) in [6.07, 6.45) is 2.29. The minimum Gasteiger partial charge on any atom is -0.489 e. The number of benzene rings is 1. The van der Waals surface area contributed by atoms with Gasteiger partial charge < -0.3 is 14.7 Å². The van der Waals surface area contributed by atoms with Gasteiger partial charge in [-0.2, -0.15) is 5.10 Å². The molecule has 2 heterocycles. The molecule has 7 nitrogen and oxygen atoms in total. The van der Waals surface area contributed by atoms with Crippen LogP contribution in [-0.2, 0) is 4.79 Å². The molecule has 2 aromatic rings. The maximum atomic E-state index is 13.2. The molecule has 2 unspecified atom stereocenters. The summed E-state index contributed by atoms with van der Waals surface area (Å²) < 4.78 is 7.50. The van der Waals surface area contributed by atoms with Crippen LogP contribution in [0.5, 0.6) is 5.75 Å². The fraction of sp³-hybridized carbons (Fsp3) is 0.476. The first-order chi connectivity index (χ1) is 13.3. The van der Waals surface area contributed by atoms with Crippen molar-refractivity contribution in [1.29, 1.82) is 0 Å². The van der Waals surface area contributed by atoms with Crippen molar-refractivity contribution in [3.63, 3.8) is 0 Å². The number of hydrogen-bond donors (Lipinski definition) is 1. The standard InChI is InChI=1S/C21H27N3O4/c1-14(2)13-28-18-12-24(17-7-5-4-6-8-17)22-19(18)20(25)23-10-15(3)9-16(11-23)21(26)27/h4-8,12,14-16H,9-11,13H2,1-3H3,(H,26,27). The van der Waals surface area contributed by atoms with E-state index in [0.29, 0.717) is 31.2 Å². The number of aliphatic carboxylic acids is 1. The highest BCUT2D eigenvalue weighted by Crippen LogP contribution is 2.27. The zero-order valence-electron chi connectivity index (χ0n) is 16.5. The fourth-order valence-corrected chi connectivity index (χ4v) is 3.43. The van der Waals surface area contributed by atoms with E-state index in [9.17, 15) is 14.7 Å². The van der Waals surface area contributed by atoms with Crippen LogP contribution in [0.2, 0.25) is 0 Å². The van der Waals surface area contributed by atoms with Crippen LogP contribution in [0.3, 0.4) is 0 Å². The lowest BCUT2D eigenvalue weighted by molar-refractivity contribution is -0.143. The van der Waals surface area contributed by atoms with Gasteiger partial charge in [0.25, 0.3) is 5.91 Å². The first-order valence-electron chi connectivity index (χ1n) is 9.65. The van der Waals surface area contributed by atoms with E-state index in [0.717, 1.165) is 5.69 Å². The Hall–Kier alpha value is -2.83. The molecule has 1 saturated heterocycles. The second-order valence-corrected chi connectivity index (χ2v) is 7.91. The van der Waals surface area contributed by atoms with Gasteiger partial charge >= 0.3 is 5.97 Å². The third-order valence-corrected chi connectivity index (χ3v) is 4.77. The molecule has 1 amide bonds. The molecule has 1 fully saturated rings. The molecule has 2 atom stereocenters. The Bertz CT molecular complexity index is 831. The quantitative estimate of drug-likeness (QED) is 0.826. The Morgan fingerprint density at radius 3 is 2.61 bits per heavy atom. The van der Waals surface area contributed by atoms with Crippen LogP contribution in [0.4, 0.5) is 0 Å². The highest BCUT2D eigenvalue weighted by molar-refractivity contribution is 5.95. The van der Waals surface area contributed by atoms with Crippen LogP contribution in [0.1, 0.15) is 37.7 Å². The SMILES string of the molecule is CC(C)COc1cn(-c2ccccc2)nc1C(=O)N1CC(C)CC(C(=O)O)C1. The first kappa shape index (κ1) is 19.9. The van der Waals surface area contributed by atoms with E-state index in [2.05, 4.69) is 5.10 Å². The van der Waals surface area contributed by atoms with E-state index in [1.54, 1.807) is 15.8 Å². The van der Waals surface area contributed by atoms with Crippen LogP contribution >= 0.6 is 0 Å². The van der Waals surface area contributed by atoms with E-state index in [4.69, 9.17) is 4.74 Å². The van der Waals surface area contributed by atoms with Gasteiger partial charge in [0.1, 0.15) is 0 Å². The molecule has 0 aliphatic carbocycles. The summed E-state index contributed by atoms with van der Waals surface area (Å²) in [5.74, 6) is -0.859. The maximum absolute atomic E-state index is 13.2. The molecule has 150 valence electrons. The number of para-hydroxylation sites is 1. The summed E-state index contributed by atoms with van der Waals surface area (Å²) in [6.45, 7) is 7.22. The number of carbonyl (C=O) groups excluding carboxylic acids is 1. The number of carboxylic acid groups (broad SMARTS) is 1. The monoisotopic (exact) mass is 385 g/mol. The van der Waals surface area contributed by atoms with Gasteiger partial charge in [-0.15, -0.1) is 0 Å². The van der Waals surface area contributed by atoms with Gasteiger partial charge in [-0.25, -0.2) is 4.68 Å². The molecule has 0 bridgehead atoms. The fourth-order valence-electron chi connectivity index (χ4n) is 3.43. The average Bonchev–Trinajstić information content (AvgIpc) is 3.10. The molecule has 1 aromatic heterocycles. The molecule has 1 aliphatic rings. The molecule has 0 saturated carbocycles. The third-order valence-electron chi connectivity index (χ3n) is 4.77. The van der Waals surface area contributed by atoms with E-state index in [1.807, 2.05) is 51.1 Å². The smallest absolute Gasteiger partial charge is 0.308 e. The van der Waals surface area contributed by atoms with Gasteiger partial charge in [0.15, 0.2) is 11.4 Å². The van der Waals surface area contributed by atoms with Crippen LogP contribution in [-0.4, -0.2) is 51.4 Å². The van der Waals surface area contributed by atoms with Crippen molar-refractivity contribution in [1.82, 2.24) is 14.7 Å². The van der Waals surface area contributed by atoms with E-state index >= 15 is 0 Å². The number of likely N-dealkylation sites (tertiary alicyclic amines) is 1. The molecule has 3 rings (SSSR count). The minimum absolute atomic E-state index is 0.120. The predicted octanol–water partition coefficient (Wildman–Crippen LogP) is 3.09. The predicted molar refractivity (Wildman–Crippen MR) is 105 cm³/mol. The summed E-state index contributed by atoms with van der Waals surface area (Å²) in [4.78, 5) is 26.2. The van der Waals surface area contributed by atoms with E-state index in [1.165, 1.54) is 0 Å². The van der Waals surface area contributed by atoms with E-state index in [-0.39, 0.29) is 24.1 Å². The number of aromatic nitrogens is 2. The molecule has 28 heavy (non-hydrogen) atoms. The summed E-state index contributed by atoms with van der Waals surface area (Å²) >= 11 is 0. The Balaban J connectivity index is 1.90. The molecule has 0 spiro atoms.